The molecule has 0 fully saturated rings. The average Bonchev–Trinajstić information content (AvgIpc) is 2.90. The maximum atomic E-state index is 12.8. The largest absolute Gasteiger partial charge is 0.417 e. The van der Waals surface area contributed by atoms with Gasteiger partial charge in [0.25, 0.3) is 0 Å². The number of benzene rings is 1. The highest BCUT2D eigenvalue weighted by molar-refractivity contribution is 7.80. The third kappa shape index (κ3) is 4.18. The second kappa shape index (κ2) is 6.44. The molecule has 21 heavy (non-hydrogen) atoms. The quantitative estimate of drug-likeness (QED) is 0.812. The summed E-state index contributed by atoms with van der Waals surface area (Å²) in [5.74, 6) is 0. The molecule has 0 atom stereocenters. The Bertz CT molecular complexity index is 622. The number of hydrogen-bond acceptors (Lipinski definition) is 3. The van der Waals surface area contributed by atoms with Gasteiger partial charge in [0.1, 0.15) is 4.99 Å². The highest BCUT2D eigenvalue weighted by Crippen LogP contribution is 2.33. The van der Waals surface area contributed by atoms with E-state index >= 15 is 0 Å². The van der Waals surface area contributed by atoms with Crippen molar-refractivity contribution in [3.63, 3.8) is 0 Å². The summed E-state index contributed by atoms with van der Waals surface area (Å²) in [6, 6.07) is 7.71. The van der Waals surface area contributed by atoms with Gasteiger partial charge in [-0.25, -0.2) is 0 Å². The molecule has 0 saturated heterocycles. The summed E-state index contributed by atoms with van der Waals surface area (Å²) in [4.78, 5) is 0.952. The SMILES string of the molecule is NC(=S)c1cc(NCCc2cccs2)ccc1C(F)(F)F. The van der Waals surface area contributed by atoms with Crippen LogP contribution in [0.5, 0.6) is 0 Å². The van der Waals surface area contributed by atoms with E-state index in [-0.39, 0.29) is 10.6 Å². The Morgan fingerprint density at radius 3 is 2.62 bits per heavy atom. The highest BCUT2D eigenvalue weighted by atomic mass is 32.1. The van der Waals surface area contributed by atoms with Gasteiger partial charge in [-0.15, -0.1) is 11.3 Å². The van der Waals surface area contributed by atoms with Crippen LogP contribution in [0.4, 0.5) is 18.9 Å². The van der Waals surface area contributed by atoms with E-state index in [4.69, 9.17) is 18.0 Å². The summed E-state index contributed by atoms with van der Waals surface area (Å²) in [6.07, 6.45) is -3.66. The monoisotopic (exact) mass is 330 g/mol. The second-order valence-electron chi connectivity index (χ2n) is 4.38. The van der Waals surface area contributed by atoms with E-state index < -0.39 is 11.7 Å². The minimum absolute atomic E-state index is 0.154. The minimum atomic E-state index is -4.46. The Morgan fingerprint density at radius 1 is 1.29 bits per heavy atom. The molecule has 0 aliphatic rings. The Balaban J connectivity index is 2.11. The molecule has 0 radical (unpaired) electrons. The Kier molecular flexibility index (Phi) is 4.84. The molecule has 2 rings (SSSR count). The molecule has 0 bridgehead atoms. The van der Waals surface area contributed by atoms with Gasteiger partial charge in [-0.1, -0.05) is 18.3 Å². The molecule has 0 aliphatic carbocycles. The first-order valence-corrected chi connectivity index (χ1v) is 7.44. The van der Waals surface area contributed by atoms with Crippen LogP contribution in [-0.4, -0.2) is 11.5 Å². The highest BCUT2D eigenvalue weighted by Gasteiger charge is 2.33. The van der Waals surface area contributed by atoms with Crippen molar-refractivity contribution in [1.29, 1.82) is 0 Å². The summed E-state index contributed by atoms with van der Waals surface area (Å²) >= 11 is 6.35. The van der Waals surface area contributed by atoms with Gasteiger partial charge in [-0.3, -0.25) is 0 Å². The van der Waals surface area contributed by atoms with E-state index in [9.17, 15) is 13.2 Å². The van der Waals surface area contributed by atoms with Crippen LogP contribution in [-0.2, 0) is 12.6 Å². The van der Waals surface area contributed by atoms with Gasteiger partial charge in [0.15, 0.2) is 0 Å². The lowest BCUT2D eigenvalue weighted by Crippen LogP contribution is -2.18. The first-order valence-electron chi connectivity index (χ1n) is 6.15. The van der Waals surface area contributed by atoms with Gasteiger partial charge in [-0.2, -0.15) is 13.2 Å². The van der Waals surface area contributed by atoms with E-state index in [1.54, 1.807) is 11.3 Å². The Hall–Kier alpha value is -1.60. The predicted molar refractivity (Wildman–Crippen MR) is 83.8 cm³/mol. The van der Waals surface area contributed by atoms with Gasteiger partial charge in [0.05, 0.1) is 5.56 Å². The summed E-state index contributed by atoms with van der Waals surface area (Å²) < 4.78 is 38.5. The van der Waals surface area contributed by atoms with Crippen molar-refractivity contribution in [2.45, 2.75) is 12.6 Å². The molecule has 3 N–H and O–H groups in total. The molecule has 0 unspecified atom stereocenters. The van der Waals surface area contributed by atoms with Crippen LogP contribution < -0.4 is 11.1 Å². The van der Waals surface area contributed by atoms with Crippen LogP contribution in [0.1, 0.15) is 16.0 Å². The van der Waals surface area contributed by atoms with Crippen LogP contribution in [0.15, 0.2) is 35.7 Å². The molecule has 0 aliphatic heterocycles. The zero-order chi connectivity index (χ0) is 15.5. The van der Waals surface area contributed by atoms with Crippen LogP contribution in [0.25, 0.3) is 0 Å². The van der Waals surface area contributed by atoms with Crippen molar-refractivity contribution >= 4 is 34.2 Å². The van der Waals surface area contributed by atoms with Crippen molar-refractivity contribution in [3.8, 4) is 0 Å². The van der Waals surface area contributed by atoms with E-state index in [1.807, 2.05) is 17.5 Å². The van der Waals surface area contributed by atoms with Gasteiger partial charge < -0.3 is 11.1 Å². The van der Waals surface area contributed by atoms with E-state index in [0.29, 0.717) is 12.2 Å². The predicted octanol–water partition coefficient (Wildman–Crippen LogP) is 4.06. The van der Waals surface area contributed by atoms with E-state index in [0.717, 1.165) is 12.5 Å². The maximum absolute atomic E-state index is 12.8. The number of rotatable bonds is 5. The van der Waals surface area contributed by atoms with Crippen molar-refractivity contribution in [2.24, 2.45) is 5.73 Å². The minimum Gasteiger partial charge on any atom is -0.389 e. The smallest absolute Gasteiger partial charge is 0.389 e. The van der Waals surface area contributed by atoms with Crippen LogP contribution in [0.2, 0.25) is 0 Å². The Morgan fingerprint density at radius 2 is 2.05 bits per heavy atom. The first kappa shape index (κ1) is 15.8. The molecule has 0 saturated carbocycles. The van der Waals surface area contributed by atoms with Gasteiger partial charge >= 0.3 is 6.18 Å². The van der Waals surface area contributed by atoms with Gasteiger partial charge in [0.2, 0.25) is 0 Å². The fraction of sp³-hybridized carbons (Fsp3) is 0.214. The average molecular weight is 330 g/mol. The molecular weight excluding hydrogens is 317 g/mol. The molecule has 0 amide bonds. The third-order valence-corrected chi connectivity index (χ3v) is 4.03. The molecule has 7 heteroatoms. The summed E-state index contributed by atoms with van der Waals surface area (Å²) in [6.45, 7) is 0.628. The first-order chi connectivity index (χ1) is 9.88. The lowest BCUT2D eigenvalue weighted by Gasteiger charge is -2.14. The molecule has 1 aromatic carbocycles. The number of hydrogen-bond donors (Lipinski definition) is 2. The number of thiocarbonyl (C=S) groups is 1. The number of nitrogens with one attached hydrogen (secondary N) is 1. The third-order valence-electron chi connectivity index (χ3n) is 2.87. The normalized spacial score (nSPS) is 11.4. The fourth-order valence-corrected chi connectivity index (χ4v) is 2.77. The molecule has 2 aromatic rings. The molecule has 0 spiro atoms. The van der Waals surface area contributed by atoms with Crippen molar-refractivity contribution in [2.75, 3.05) is 11.9 Å². The molecule has 1 heterocycles. The Labute approximate surface area is 129 Å². The summed E-state index contributed by atoms with van der Waals surface area (Å²) in [5, 5.41) is 5.07. The van der Waals surface area contributed by atoms with Crippen molar-refractivity contribution in [1.82, 2.24) is 0 Å². The molecule has 2 nitrogen and oxygen atoms in total. The lowest BCUT2D eigenvalue weighted by atomic mass is 10.1. The van der Waals surface area contributed by atoms with Crippen LogP contribution >= 0.6 is 23.6 Å². The second-order valence-corrected chi connectivity index (χ2v) is 5.85. The van der Waals surface area contributed by atoms with Crippen LogP contribution in [0.3, 0.4) is 0 Å². The number of thiophene rings is 1. The van der Waals surface area contributed by atoms with Crippen molar-refractivity contribution in [3.05, 3.63) is 51.7 Å². The number of alkyl halides is 3. The fourth-order valence-electron chi connectivity index (χ4n) is 1.89. The van der Waals surface area contributed by atoms with Crippen molar-refractivity contribution < 1.29 is 13.2 Å². The van der Waals surface area contributed by atoms with Crippen LogP contribution in [0, 0.1) is 0 Å². The number of nitrogens with two attached hydrogens (primary N) is 1. The molecule has 112 valence electrons. The zero-order valence-electron chi connectivity index (χ0n) is 10.9. The topological polar surface area (TPSA) is 38.0 Å². The van der Waals surface area contributed by atoms with Gasteiger partial charge in [-0.05, 0) is 36.1 Å². The van der Waals surface area contributed by atoms with E-state index in [2.05, 4.69) is 5.32 Å². The standard InChI is InChI=1S/C14H13F3N2S2/c15-14(16,17)12-4-3-9(8-11(12)13(18)20)19-6-5-10-2-1-7-21-10/h1-4,7-8,19H,5-6H2,(H2,18,20). The molecule has 1 aromatic heterocycles. The summed E-state index contributed by atoms with van der Waals surface area (Å²) in [7, 11) is 0. The van der Waals surface area contributed by atoms with Gasteiger partial charge in [0, 0.05) is 22.7 Å². The summed E-state index contributed by atoms with van der Waals surface area (Å²) in [5.41, 5.74) is 5.00. The number of halogens is 3. The zero-order valence-corrected chi connectivity index (χ0v) is 12.5. The lowest BCUT2D eigenvalue weighted by molar-refractivity contribution is -0.137. The number of anilines is 1. The molecular formula is C14H13F3N2S2. The van der Waals surface area contributed by atoms with E-state index in [1.165, 1.54) is 17.0 Å². The maximum Gasteiger partial charge on any atom is 0.417 e.